The molecule has 36 heavy (non-hydrogen) atoms. The molecule has 2 heterocycles. The summed E-state index contributed by atoms with van der Waals surface area (Å²) in [7, 11) is 3.05. The first-order valence-electron chi connectivity index (χ1n) is 12.2. The van der Waals surface area contributed by atoms with Crippen LogP contribution in [0.1, 0.15) is 53.9 Å². The molecule has 2 bridgehead atoms. The van der Waals surface area contributed by atoms with E-state index in [2.05, 4.69) is 16.0 Å². The van der Waals surface area contributed by atoms with E-state index >= 15 is 0 Å². The third kappa shape index (κ3) is 8.99. The van der Waals surface area contributed by atoms with Crippen LogP contribution < -0.4 is 16.0 Å². The lowest BCUT2D eigenvalue weighted by atomic mass is 9.92. The van der Waals surface area contributed by atoms with Crippen molar-refractivity contribution < 1.29 is 28.7 Å². The van der Waals surface area contributed by atoms with Gasteiger partial charge in [-0.05, 0) is 31.3 Å². The summed E-state index contributed by atoms with van der Waals surface area (Å²) in [5.74, 6) is -2.59. The Balaban J connectivity index is 2.55. The van der Waals surface area contributed by atoms with E-state index in [0.717, 1.165) is 5.75 Å². The Labute approximate surface area is 220 Å². The van der Waals surface area contributed by atoms with Crippen LogP contribution in [-0.4, -0.2) is 59.2 Å². The lowest BCUT2D eigenvalue weighted by molar-refractivity contribution is -0.153. The number of rotatable bonds is 2. The highest BCUT2D eigenvalue weighted by molar-refractivity contribution is 8.76. The Morgan fingerprint density at radius 1 is 0.972 bits per heavy atom. The number of carbonyl (C=O) groups is 5. The van der Waals surface area contributed by atoms with E-state index in [1.165, 1.54) is 16.9 Å². The summed E-state index contributed by atoms with van der Waals surface area (Å²) in [6.07, 6.45) is 4.56. The summed E-state index contributed by atoms with van der Waals surface area (Å²) < 4.78 is 5.67. The minimum Gasteiger partial charge on any atom is -0.456 e. The largest absolute Gasteiger partial charge is 0.456 e. The molecule has 3 N–H and O–H groups in total. The molecule has 0 saturated carbocycles. The number of amides is 3. The summed E-state index contributed by atoms with van der Waals surface area (Å²) in [4.78, 5) is 65.4. The maximum atomic E-state index is 13.2. The molecule has 0 aromatic heterocycles. The predicted octanol–water partition coefficient (Wildman–Crippen LogP) is 2.52. The normalized spacial score (nSPS) is 29.9. The number of esters is 1. The molecule has 2 rings (SSSR count). The molecule has 1 fully saturated rings. The Bertz CT molecular complexity index is 902. The first-order valence-corrected chi connectivity index (χ1v) is 14.7. The second-order valence-corrected chi connectivity index (χ2v) is 12.2. The first-order chi connectivity index (χ1) is 17.0. The third-order valence-electron chi connectivity index (χ3n) is 5.87. The highest BCUT2D eigenvalue weighted by Gasteiger charge is 2.33. The molecule has 0 spiro atoms. The Morgan fingerprint density at radius 2 is 1.67 bits per heavy atom. The van der Waals surface area contributed by atoms with Crippen LogP contribution in [0.4, 0.5) is 0 Å². The number of ketones is 1. The van der Waals surface area contributed by atoms with E-state index < -0.39 is 47.8 Å². The minimum atomic E-state index is -0.987. The predicted molar refractivity (Wildman–Crippen MR) is 142 cm³/mol. The average Bonchev–Trinajstić information content (AvgIpc) is 2.81. The highest BCUT2D eigenvalue weighted by atomic mass is 33.1. The summed E-state index contributed by atoms with van der Waals surface area (Å²) in [6, 6.07) is -1.78. The third-order valence-corrected chi connectivity index (χ3v) is 8.39. The monoisotopic (exact) mass is 539 g/mol. The maximum absolute atomic E-state index is 13.2. The van der Waals surface area contributed by atoms with Crippen molar-refractivity contribution in [2.45, 2.75) is 72.1 Å². The van der Waals surface area contributed by atoms with Crippen LogP contribution in [0.25, 0.3) is 0 Å². The lowest BCUT2D eigenvalue weighted by Crippen LogP contribution is -2.50. The van der Waals surface area contributed by atoms with E-state index in [0.29, 0.717) is 12.2 Å². The van der Waals surface area contributed by atoms with Crippen molar-refractivity contribution in [3.63, 3.8) is 0 Å². The van der Waals surface area contributed by atoms with Crippen molar-refractivity contribution >= 4 is 51.1 Å². The molecule has 1 saturated heterocycles. The molecule has 0 radical (unpaired) electrons. The van der Waals surface area contributed by atoms with Crippen molar-refractivity contribution in [1.29, 1.82) is 0 Å². The number of Topliss-reactive ketones (excluding diaryl/α,β-unsaturated/α-hetero) is 1. The summed E-state index contributed by atoms with van der Waals surface area (Å²) in [5, 5.41) is 8.08. The van der Waals surface area contributed by atoms with Crippen LogP contribution in [-0.2, 0) is 28.7 Å². The van der Waals surface area contributed by atoms with Gasteiger partial charge >= 0.3 is 5.97 Å². The summed E-state index contributed by atoms with van der Waals surface area (Å²) >= 11 is 0. The fourth-order valence-electron chi connectivity index (χ4n) is 3.77. The van der Waals surface area contributed by atoms with Crippen LogP contribution in [0.5, 0.6) is 0 Å². The highest BCUT2D eigenvalue weighted by Crippen LogP contribution is 2.27. The van der Waals surface area contributed by atoms with Gasteiger partial charge in [-0.25, -0.2) is 4.79 Å². The molecular weight excluding hydrogens is 502 g/mol. The smallest absolute Gasteiger partial charge is 0.329 e. The van der Waals surface area contributed by atoms with Gasteiger partial charge in [0.05, 0.1) is 18.4 Å². The van der Waals surface area contributed by atoms with Crippen LogP contribution in [0, 0.1) is 17.8 Å². The van der Waals surface area contributed by atoms with Crippen LogP contribution in [0.15, 0.2) is 23.9 Å². The number of allylic oxidation sites excluding steroid dienone is 2. The molecule has 9 nitrogen and oxygen atoms in total. The zero-order valence-electron chi connectivity index (χ0n) is 21.5. The van der Waals surface area contributed by atoms with Crippen LogP contribution in [0.2, 0.25) is 0 Å². The van der Waals surface area contributed by atoms with E-state index in [1.54, 1.807) is 37.6 Å². The van der Waals surface area contributed by atoms with E-state index in [-0.39, 0.29) is 36.2 Å². The van der Waals surface area contributed by atoms with Gasteiger partial charge in [0.15, 0.2) is 5.78 Å². The van der Waals surface area contributed by atoms with Gasteiger partial charge in [0.2, 0.25) is 11.8 Å². The molecular formula is C25H37N3O6S2. The SMILES string of the molecule is C/C=C1/NC(=O)C2CSSCC/C=C\[C@H](CC(=O)N[C@@H](C(C)C)C(=O)C2)OC(=O)C(C(C)C)NC1=O. The van der Waals surface area contributed by atoms with E-state index in [1.807, 2.05) is 19.9 Å². The number of nitrogens with one attached hydrogen (secondary N) is 3. The fraction of sp³-hybridized carbons (Fsp3) is 0.640. The van der Waals surface area contributed by atoms with Gasteiger partial charge in [0.25, 0.3) is 5.91 Å². The molecule has 0 aromatic rings. The first kappa shape index (κ1) is 30.0. The Hall–Kier alpha value is -2.27. The average molecular weight is 540 g/mol. The number of hydrogen-bond donors (Lipinski definition) is 3. The molecule has 0 aromatic carbocycles. The quantitative estimate of drug-likeness (QED) is 0.211. The van der Waals surface area contributed by atoms with Gasteiger partial charge in [-0.1, -0.05) is 61.4 Å². The molecule has 4 atom stereocenters. The zero-order chi connectivity index (χ0) is 26.8. The Morgan fingerprint density at radius 3 is 2.31 bits per heavy atom. The van der Waals surface area contributed by atoms with Gasteiger partial charge in [-0.3, -0.25) is 19.2 Å². The van der Waals surface area contributed by atoms with Crippen molar-refractivity contribution in [3.8, 4) is 0 Å². The van der Waals surface area contributed by atoms with E-state index in [4.69, 9.17) is 4.74 Å². The van der Waals surface area contributed by atoms with Crippen LogP contribution in [0.3, 0.4) is 0 Å². The van der Waals surface area contributed by atoms with Crippen LogP contribution >= 0.6 is 21.6 Å². The van der Waals surface area contributed by atoms with Crippen molar-refractivity contribution in [1.82, 2.24) is 16.0 Å². The van der Waals surface area contributed by atoms with Crippen molar-refractivity contribution in [2.24, 2.45) is 17.8 Å². The number of hydrogen-bond acceptors (Lipinski definition) is 8. The van der Waals surface area contributed by atoms with Gasteiger partial charge in [-0.15, -0.1) is 0 Å². The topological polar surface area (TPSA) is 131 Å². The molecule has 2 aliphatic rings. The molecule has 11 heteroatoms. The van der Waals surface area contributed by atoms with Gasteiger partial charge in [0, 0.05) is 17.9 Å². The number of fused-ring (bicyclic) bond motifs is 7. The second kappa shape index (κ2) is 14.5. The Kier molecular flexibility index (Phi) is 12.0. The molecule has 3 amide bonds. The minimum absolute atomic E-state index is 0.00452. The summed E-state index contributed by atoms with van der Waals surface area (Å²) in [5.41, 5.74) is -0.00452. The lowest BCUT2D eigenvalue weighted by Gasteiger charge is -2.27. The summed E-state index contributed by atoms with van der Waals surface area (Å²) in [6.45, 7) is 8.78. The molecule has 2 aliphatic heterocycles. The van der Waals surface area contributed by atoms with Crippen molar-refractivity contribution in [2.75, 3.05) is 11.5 Å². The van der Waals surface area contributed by atoms with Crippen molar-refractivity contribution in [3.05, 3.63) is 23.9 Å². The fourth-order valence-corrected chi connectivity index (χ4v) is 6.07. The standard InChI is InChI=1S/C25H37N3O6S2/c1-6-18-24(32)28-22(15(4)5)25(33)34-17-9-7-8-10-35-36-13-16(23(31)26-18)11-19(29)21(14(2)3)27-20(30)12-17/h6-7,9,14-17,21-22H,8,10-13H2,1-5H3,(H,26,31)(H,27,30)(H,28,32)/b9-7-,18-6+/t16?,17-,21+,22?/m1/s1. The van der Waals surface area contributed by atoms with E-state index in [9.17, 15) is 24.0 Å². The molecule has 2 unspecified atom stereocenters. The van der Waals surface area contributed by atoms with Gasteiger partial charge in [-0.2, -0.15) is 0 Å². The molecule has 0 aliphatic carbocycles. The number of ether oxygens (including phenoxy) is 1. The zero-order valence-corrected chi connectivity index (χ0v) is 23.1. The second-order valence-electron chi connectivity index (χ2n) is 9.55. The van der Waals surface area contributed by atoms with Gasteiger partial charge in [0.1, 0.15) is 17.8 Å². The maximum Gasteiger partial charge on any atom is 0.329 e. The van der Waals surface area contributed by atoms with Gasteiger partial charge < -0.3 is 20.7 Å². The number of carbonyl (C=O) groups excluding carboxylic acids is 5. The molecule has 200 valence electrons.